The van der Waals surface area contributed by atoms with Crippen LogP contribution in [0.15, 0.2) is 59.5 Å². The number of allylic oxidation sites excluding steroid dienone is 1. The van der Waals surface area contributed by atoms with Crippen LogP contribution in [0.4, 0.5) is 0 Å². The van der Waals surface area contributed by atoms with Crippen molar-refractivity contribution in [2.45, 2.75) is 25.0 Å². The molecule has 2 aromatic carbocycles. The largest absolute Gasteiger partial charge is 0.484 e. The first-order chi connectivity index (χ1) is 15.1. The van der Waals surface area contributed by atoms with Gasteiger partial charge in [0, 0.05) is 29.7 Å². The van der Waals surface area contributed by atoms with Crippen molar-refractivity contribution in [1.29, 1.82) is 0 Å². The fourth-order valence-corrected chi connectivity index (χ4v) is 5.58. The molecular formula is C24H25ClN3O3S+. The van der Waals surface area contributed by atoms with Gasteiger partial charge in [0.1, 0.15) is 16.3 Å². The number of halogens is 1. The van der Waals surface area contributed by atoms with Gasteiger partial charge in [-0.05, 0) is 5.56 Å². The number of guanidine groups is 1. The van der Waals surface area contributed by atoms with E-state index in [0.717, 1.165) is 31.5 Å². The Bertz CT molecular complexity index is 1120. The lowest BCUT2D eigenvalue weighted by Gasteiger charge is -2.42. The lowest BCUT2D eigenvalue weighted by Crippen LogP contribution is -2.51. The molecule has 0 saturated carbocycles. The number of benzene rings is 2. The molecular weight excluding hydrogens is 446 g/mol. The van der Waals surface area contributed by atoms with Crippen LogP contribution >= 0.6 is 24.2 Å². The molecule has 0 bridgehead atoms. The molecule has 2 heterocycles. The molecule has 1 spiro atoms. The van der Waals surface area contributed by atoms with E-state index in [1.807, 2.05) is 30.3 Å². The summed E-state index contributed by atoms with van der Waals surface area (Å²) in [6.07, 6.45) is 1.60. The molecule has 1 aliphatic carbocycles. The first-order valence-electron chi connectivity index (χ1n) is 10.5. The van der Waals surface area contributed by atoms with Crippen LogP contribution in [-0.2, 0) is 16.1 Å². The monoisotopic (exact) mass is 470 g/mol. The Hall–Kier alpha value is -2.77. The molecule has 32 heavy (non-hydrogen) atoms. The highest BCUT2D eigenvalue weighted by atomic mass is 35.5. The maximum absolute atomic E-state index is 12.6. The lowest BCUT2D eigenvalue weighted by molar-refractivity contribution is -0.548. The van der Waals surface area contributed by atoms with Gasteiger partial charge in [0.2, 0.25) is 11.6 Å². The minimum absolute atomic E-state index is 0. The molecule has 3 N–H and O–H groups in total. The SMILES string of the molecule is Cl.NC(NCc1ccccc1)=[N+]1CCC2(CC1)CSC1=C(O2)c2ccccc2C(=O)C1=O. The summed E-state index contributed by atoms with van der Waals surface area (Å²) in [7, 11) is 0. The van der Waals surface area contributed by atoms with Crippen molar-refractivity contribution in [2.75, 3.05) is 18.8 Å². The number of nitrogens with one attached hydrogen (secondary N) is 1. The zero-order chi connectivity index (χ0) is 21.4. The van der Waals surface area contributed by atoms with E-state index in [9.17, 15) is 9.59 Å². The van der Waals surface area contributed by atoms with Gasteiger partial charge in [-0.25, -0.2) is 0 Å². The quantitative estimate of drug-likeness (QED) is 0.399. The third kappa shape index (κ3) is 4.02. The number of ketones is 2. The zero-order valence-electron chi connectivity index (χ0n) is 17.5. The van der Waals surface area contributed by atoms with Crippen LogP contribution in [0, 0.1) is 0 Å². The van der Waals surface area contributed by atoms with Crippen molar-refractivity contribution in [3.05, 3.63) is 76.2 Å². The highest BCUT2D eigenvalue weighted by Gasteiger charge is 2.46. The number of fused-ring (bicyclic) bond motifs is 2. The van der Waals surface area contributed by atoms with Crippen LogP contribution in [0.5, 0.6) is 0 Å². The summed E-state index contributed by atoms with van der Waals surface area (Å²) >= 11 is 1.46. The van der Waals surface area contributed by atoms with Gasteiger partial charge in [-0.3, -0.25) is 25.2 Å². The molecule has 5 rings (SSSR count). The van der Waals surface area contributed by atoms with Crippen LogP contribution in [0.25, 0.3) is 5.76 Å². The van der Waals surface area contributed by atoms with Crippen molar-refractivity contribution >= 4 is 47.5 Å². The number of ether oxygens (including phenoxy) is 1. The Morgan fingerprint density at radius 1 is 1.00 bits per heavy atom. The number of hydrogen-bond donors (Lipinski definition) is 2. The molecule has 3 aliphatic rings. The highest BCUT2D eigenvalue weighted by molar-refractivity contribution is 8.04. The molecule has 1 fully saturated rings. The fraction of sp³-hybridized carbons (Fsp3) is 0.292. The molecule has 0 atom stereocenters. The molecule has 8 heteroatoms. The van der Waals surface area contributed by atoms with E-state index in [1.165, 1.54) is 17.3 Å². The van der Waals surface area contributed by atoms with E-state index in [1.54, 1.807) is 12.1 Å². The number of nitrogens with two attached hydrogens (primary N) is 1. The Morgan fingerprint density at radius 3 is 2.38 bits per heavy atom. The summed E-state index contributed by atoms with van der Waals surface area (Å²) in [4.78, 5) is 25.5. The Morgan fingerprint density at radius 2 is 1.66 bits per heavy atom. The number of piperidine rings is 1. The molecule has 166 valence electrons. The molecule has 1 saturated heterocycles. The molecule has 0 radical (unpaired) electrons. The first-order valence-corrected chi connectivity index (χ1v) is 11.4. The first kappa shape index (κ1) is 22.4. The fourth-order valence-electron chi connectivity index (χ4n) is 4.31. The Kier molecular flexibility index (Phi) is 6.31. The van der Waals surface area contributed by atoms with Crippen molar-refractivity contribution in [2.24, 2.45) is 5.73 Å². The Labute approximate surface area is 197 Å². The number of thioether (sulfide) groups is 1. The number of nitrogens with zero attached hydrogens (tertiary/aromatic N) is 1. The molecule has 2 aliphatic heterocycles. The third-order valence-corrected chi connectivity index (χ3v) is 7.49. The second kappa shape index (κ2) is 9.00. The van der Waals surface area contributed by atoms with Crippen LogP contribution in [0.2, 0.25) is 0 Å². The van der Waals surface area contributed by atoms with E-state index < -0.39 is 11.6 Å². The normalized spacial score (nSPS) is 21.9. The van der Waals surface area contributed by atoms with Crippen LogP contribution in [-0.4, -0.2) is 46.5 Å². The average Bonchev–Trinajstić information content (AvgIpc) is 2.82. The van der Waals surface area contributed by atoms with Gasteiger partial charge in [-0.1, -0.05) is 54.6 Å². The average molecular weight is 471 g/mol. The number of Topliss-reactive ketones (excluding diaryl/α,β-unsaturated/α-hetero) is 2. The van der Waals surface area contributed by atoms with E-state index in [4.69, 9.17) is 10.5 Å². The number of rotatable bonds is 2. The minimum atomic E-state index is -0.450. The number of hydrogen-bond acceptors (Lipinski definition) is 4. The highest BCUT2D eigenvalue weighted by Crippen LogP contribution is 2.46. The van der Waals surface area contributed by atoms with E-state index in [-0.39, 0.29) is 18.0 Å². The third-order valence-electron chi connectivity index (χ3n) is 6.16. The number of carbonyl (C=O) groups is 2. The van der Waals surface area contributed by atoms with Crippen LogP contribution < -0.4 is 11.1 Å². The second-order valence-corrected chi connectivity index (χ2v) is 9.13. The molecule has 0 unspecified atom stereocenters. The molecule has 2 aromatic rings. The zero-order valence-corrected chi connectivity index (χ0v) is 19.1. The van der Waals surface area contributed by atoms with Crippen molar-refractivity contribution in [3.63, 3.8) is 0 Å². The maximum Gasteiger partial charge on any atom is 0.343 e. The van der Waals surface area contributed by atoms with E-state index >= 15 is 0 Å². The minimum Gasteiger partial charge on any atom is -0.484 e. The topological polar surface area (TPSA) is 84.4 Å². The number of carbonyl (C=O) groups excluding carboxylic acids is 2. The van der Waals surface area contributed by atoms with Crippen LogP contribution in [0.3, 0.4) is 0 Å². The van der Waals surface area contributed by atoms with Gasteiger partial charge in [0.25, 0.3) is 0 Å². The predicted octanol–water partition coefficient (Wildman–Crippen LogP) is 2.96. The summed E-state index contributed by atoms with van der Waals surface area (Å²) in [6, 6.07) is 17.4. The molecule has 0 amide bonds. The van der Waals surface area contributed by atoms with Gasteiger partial charge >= 0.3 is 5.96 Å². The standard InChI is InChI=1S/C24H23N3O3S.ClH/c25-23(26-14-16-6-2-1-3-7-16)27-12-10-24(11-13-27)15-31-22-20(29)19(28)17-8-4-5-9-18(17)21(22)30-24;/h1-9H,10-15H2,(H2,25,26);1H/p+1. The van der Waals surface area contributed by atoms with Crippen LogP contribution in [0.1, 0.15) is 34.3 Å². The van der Waals surface area contributed by atoms with E-state index in [2.05, 4.69) is 22.0 Å². The molecule has 0 aromatic heterocycles. The van der Waals surface area contributed by atoms with Crippen molar-refractivity contribution in [1.82, 2.24) is 5.32 Å². The summed E-state index contributed by atoms with van der Waals surface area (Å²) in [6.45, 7) is 2.22. The summed E-state index contributed by atoms with van der Waals surface area (Å²) in [5, 5.41) is 3.31. The van der Waals surface area contributed by atoms with Gasteiger partial charge in [-0.15, -0.1) is 24.2 Å². The van der Waals surface area contributed by atoms with Crippen molar-refractivity contribution < 1.29 is 18.9 Å². The smallest absolute Gasteiger partial charge is 0.343 e. The summed E-state index contributed by atoms with van der Waals surface area (Å²) in [5.41, 5.74) is 8.30. The second-order valence-electron chi connectivity index (χ2n) is 8.15. The summed E-state index contributed by atoms with van der Waals surface area (Å²) in [5.74, 6) is 1.02. The lowest BCUT2D eigenvalue weighted by atomic mass is 9.90. The predicted molar refractivity (Wildman–Crippen MR) is 128 cm³/mol. The Balaban J connectivity index is 0.00000245. The van der Waals surface area contributed by atoms with Gasteiger partial charge < -0.3 is 4.74 Å². The van der Waals surface area contributed by atoms with Gasteiger partial charge in [0.15, 0.2) is 0 Å². The van der Waals surface area contributed by atoms with Gasteiger partial charge in [-0.2, -0.15) is 0 Å². The summed E-state index contributed by atoms with van der Waals surface area (Å²) < 4.78 is 8.66. The van der Waals surface area contributed by atoms with E-state index in [0.29, 0.717) is 34.5 Å². The maximum atomic E-state index is 12.6. The van der Waals surface area contributed by atoms with Crippen molar-refractivity contribution in [3.8, 4) is 0 Å². The van der Waals surface area contributed by atoms with Gasteiger partial charge in [0.05, 0.1) is 19.6 Å². The molecule has 6 nitrogen and oxygen atoms in total.